The molecule has 1 N–H and O–H groups in total. The number of piperidine rings is 1. The van der Waals surface area contributed by atoms with E-state index in [-0.39, 0.29) is 30.6 Å². The van der Waals surface area contributed by atoms with Crippen LogP contribution in [0, 0.1) is 12.8 Å². The first-order chi connectivity index (χ1) is 16.1. The number of aryl methyl sites for hydroxylation is 1. The van der Waals surface area contributed by atoms with E-state index in [0.717, 1.165) is 17.5 Å². The van der Waals surface area contributed by atoms with Crippen LogP contribution in [0.4, 0.5) is 14.6 Å². The molecule has 3 unspecified atom stereocenters. The summed E-state index contributed by atoms with van der Waals surface area (Å²) in [5, 5.41) is 8.05. The van der Waals surface area contributed by atoms with Crippen LogP contribution in [0.3, 0.4) is 0 Å². The first-order valence-corrected chi connectivity index (χ1v) is 11.8. The summed E-state index contributed by atoms with van der Waals surface area (Å²) in [5.41, 5.74) is 1.56. The molecule has 1 saturated heterocycles. The van der Waals surface area contributed by atoms with Crippen molar-refractivity contribution in [2.24, 2.45) is 5.92 Å². The Bertz CT molecular complexity index is 1280. The number of likely N-dealkylation sites (tertiary alicyclic amines) is 1. The van der Waals surface area contributed by atoms with Crippen molar-refractivity contribution in [2.75, 3.05) is 18.4 Å². The molecule has 6 rings (SSSR count). The van der Waals surface area contributed by atoms with Crippen LogP contribution >= 0.6 is 0 Å². The van der Waals surface area contributed by atoms with Crippen LogP contribution in [-0.4, -0.2) is 39.6 Å². The molecule has 2 aromatic carbocycles. The Labute approximate surface area is 197 Å². The normalized spacial score (nSPS) is 28.1. The standard InChI is InChI=1S/C27H28F2N4O/c1-17-8-7-11-19(12-17)26-16-32(15-22(26)27(26,28)29)24(34)20-14-30-33-23(20)31-21(13-25(33,2)3)18-9-5-4-6-10-18/h4-12,14,21-22,31H,13,15-16H2,1-3H3. The molecule has 1 aliphatic carbocycles. The summed E-state index contributed by atoms with van der Waals surface area (Å²) in [5.74, 6) is -3.23. The van der Waals surface area contributed by atoms with Crippen LogP contribution in [0.1, 0.15) is 53.4 Å². The Morgan fingerprint density at radius 2 is 1.88 bits per heavy atom. The van der Waals surface area contributed by atoms with Crippen LogP contribution in [0.25, 0.3) is 0 Å². The first kappa shape index (κ1) is 21.3. The number of anilines is 1. The fourth-order valence-corrected chi connectivity index (χ4v) is 6.13. The van der Waals surface area contributed by atoms with E-state index in [4.69, 9.17) is 0 Å². The summed E-state index contributed by atoms with van der Waals surface area (Å²) in [6.45, 7) is 6.18. The van der Waals surface area contributed by atoms with Crippen LogP contribution < -0.4 is 5.32 Å². The number of nitrogens with one attached hydrogen (secondary N) is 1. The van der Waals surface area contributed by atoms with Gasteiger partial charge in [0.2, 0.25) is 0 Å². The van der Waals surface area contributed by atoms with Gasteiger partial charge in [0.25, 0.3) is 11.8 Å². The number of hydrogen-bond acceptors (Lipinski definition) is 3. The SMILES string of the molecule is Cc1cccc(C23CN(C(=O)c4cnn5c4NC(c4ccccc4)CC5(C)C)CC2C3(F)F)c1. The van der Waals surface area contributed by atoms with Gasteiger partial charge in [-0.2, -0.15) is 5.10 Å². The maximum Gasteiger partial charge on any atom is 0.265 e. The van der Waals surface area contributed by atoms with Gasteiger partial charge in [-0.15, -0.1) is 0 Å². The maximum atomic E-state index is 14.9. The number of carbonyl (C=O) groups is 1. The molecular formula is C27H28F2N4O. The van der Waals surface area contributed by atoms with Gasteiger partial charge < -0.3 is 10.2 Å². The summed E-state index contributed by atoms with van der Waals surface area (Å²) in [6, 6.07) is 17.5. The summed E-state index contributed by atoms with van der Waals surface area (Å²) in [7, 11) is 0. The molecule has 2 fully saturated rings. The Hall–Kier alpha value is -3.22. The van der Waals surface area contributed by atoms with Crippen molar-refractivity contribution in [3.05, 3.63) is 83.0 Å². The lowest BCUT2D eigenvalue weighted by atomic mass is 9.89. The van der Waals surface area contributed by atoms with E-state index in [1.165, 1.54) is 0 Å². The van der Waals surface area contributed by atoms with Crippen LogP contribution in [-0.2, 0) is 11.0 Å². The lowest BCUT2D eigenvalue weighted by molar-refractivity contribution is 0.0394. The number of benzene rings is 2. The Kier molecular flexibility index (Phi) is 4.33. The lowest BCUT2D eigenvalue weighted by Gasteiger charge is -2.38. The van der Waals surface area contributed by atoms with E-state index in [0.29, 0.717) is 16.9 Å². The average molecular weight is 463 g/mol. The predicted octanol–water partition coefficient (Wildman–Crippen LogP) is 5.14. The van der Waals surface area contributed by atoms with Crippen molar-refractivity contribution < 1.29 is 13.6 Å². The fourth-order valence-electron chi connectivity index (χ4n) is 6.13. The van der Waals surface area contributed by atoms with Gasteiger partial charge in [-0.3, -0.25) is 4.79 Å². The Balaban J connectivity index is 1.31. The van der Waals surface area contributed by atoms with Gasteiger partial charge >= 0.3 is 0 Å². The third-order valence-electron chi connectivity index (χ3n) is 8.00. The zero-order chi connectivity index (χ0) is 23.9. The minimum Gasteiger partial charge on any atom is -0.363 e. The highest BCUT2D eigenvalue weighted by molar-refractivity contribution is 5.99. The van der Waals surface area contributed by atoms with Crippen molar-refractivity contribution in [3.63, 3.8) is 0 Å². The third kappa shape index (κ3) is 2.82. The largest absolute Gasteiger partial charge is 0.363 e. The van der Waals surface area contributed by atoms with E-state index in [1.807, 2.05) is 48.0 Å². The highest BCUT2D eigenvalue weighted by Crippen LogP contribution is 2.70. The summed E-state index contributed by atoms with van der Waals surface area (Å²) >= 11 is 0. The van der Waals surface area contributed by atoms with E-state index in [2.05, 4.69) is 36.4 Å². The smallest absolute Gasteiger partial charge is 0.265 e. The molecule has 3 atom stereocenters. The zero-order valence-electron chi connectivity index (χ0n) is 19.6. The van der Waals surface area contributed by atoms with Gasteiger partial charge in [0.15, 0.2) is 0 Å². The topological polar surface area (TPSA) is 50.2 Å². The molecule has 1 aromatic heterocycles. The van der Waals surface area contributed by atoms with Crippen molar-refractivity contribution >= 4 is 11.7 Å². The summed E-state index contributed by atoms with van der Waals surface area (Å²) < 4.78 is 31.7. The van der Waals surface area contributed by atoms with Gasteiger partial charge in [-0.05, 0) is 38.3 Å². The number of rotatable bonds is 3. The monoisotopic (exact) mass is 462 g/mol. The number of hydrogen-bond donors (Lipinski definition) is 1. The predicted molar refractivity (Wildman–Crippen MR) is 126 cm³/mol. The summed E-state index contributed by atoms with van der Waals surface area (Å²) in [6.07, 6.45) is 2.40. The van der Waals surface area contributed by atoms with E-state index >= 15 is 0 Å². The molecule has 1 amide bonds. The van der Waals surface area contributed by atoms with Gasteiger partial charge in [0.1, 0.15) is 11.4 Å². The molecule has 5 nitrogen and oxygen atoms in total. The second kappa shape index (κ2) is 6.90. The number of nitrogens with zero attached hydrogens (tertiary/aromatic N) is 3. The zero-order valence-corrected chi connectivity index (χ0v) is 19.6. The number of carbonyl (C=O) groups excluding carboxylic acids is 1. The van der Waals surface area contributed by atoms with E-state index < -0.39 is 17.3 Å². The molecule has 34 heavy (non-hydrogen) atoms. The second-order valence-electron chi connectivity index (χ2n) is 10.6. The number of fused-ring (bicyclic) bond motifs is 2. The minimum atomic E-state index is -2.80. The van der Waals surface area contributed by atoms with Crippen LogP contribution in [0.15, 0.2) is 60.8 Å². The molecule has 1 saturated carbocycles. The van der Waals surface area contributed by atoms with Gasteiger partial charge in [-0.1, -0.05) is 60.2 Å². The molecular weight excluding hydrogens is 434 g/mol. The first-order valence-electron chi connectivity index (χ1n) is 11.8. The number of alkyl halides is 2. The molecule has 0 bridgehead atoms. The molecule has 0 spiro atoms. The van der Waals surface area contributed by atoms with Crippen LogP contribution in [0.2, 0.25) is 0 Å². The minimum absolute atomic E-state index is 0.0169. The molecule has 0 radical (unpaired) electrons. The quantitative estimate of drug-likeness (QED) is 0.586. The second-order valence-corrected chi connectivity index (χ2v) is 10.6. The molecule has 2 aliphatic heterocycles. The number of amides is 1. The highest BCUT2D eigenvalue weighted by Gasteiger charge is 2.84. The number of aromatic nitrogens is 2. The lowest BCUT2D eigenvalue weighted by Crippen LogP contribution is -2.40. The summed E-state index contributed by atoms with van der Waals surface area (Å²) in [4.78, 5) is 15.2. The highest BCUT2D eigenvalue weighted by atomic mass is 19.3. The van der Waals surface area contributed by atoms with Gasteiger partial charge in [-0.25, -0.2) is 13.5 Å². The Morgan fingerprint density at radius 3 is 2.62 bits per heavy atom. The Morgan fingerprint density at radius 1 is 1.12 bits per heavy atom. The van der Waals surface area contributed by atoms with E-state index in [1.54, 1.807) is 17.2 Å². The maximum absolute atomic E-state index is 14.9. The van der Waals surface area contributed by atoms with E-state index in [9.17, 15) is 13.6 Å². The third-order valence-corrected chi connectivity index (χ3v) is 8.00. The molecule has 3 aliphatic rings. The molecule has 3 heterocycles. The van der Waals surface area contributed by atoms with Crippen molar-refractivity contribution in [3.8, 4) is 0 Å². The van der Waals surface area contributed by atoms with Crippen molar-refractivity contribution in [1.82, 2.24) is 14.7 Å². The molecule has 176 valence electrons. The fraction of sp³-hybridized carbons (Fsp3) is 0.407. The van der Waals surface area contributed by atoms with Gasteiger partial charge in [0, 0.05) is 13.1 Å². The molecule has 3 aromatic rings. The molecule has 7 heteroatoms. The van der Waals surface area contributed by atoms with Gasteiger partial charge in [0.05, 0.1) is 29.1 Å². The van der Waals surface area contributed by atoms with Crippen molar-refractivity contribution in [1.29, 1.82) is 0 Å². The number of halogens is 2. The van der Waals surface area contributed by atoms with Crippen LogP contribution in [0.5, 0.6) is 0 Å². The average Bonchev–Trinajstić information content (AvgIpc) is 3.23. The van der Waals surface area contributed by atoms with Crippen molar-refractivity contribution in [2.45, 2.75) is 50.1 Å².